The van der Waals surface area contributed by atoms with Crippen molar-refractivity contribution in [1.82, 2.24) is 15.3 Å². The lowest BCUT2D eigenvalue weighted by molar-refractivity contribution is 0.0950. The van der Waals surface area contributed by atoms with Crippen LogP contribution in [-0.2, 0) is 0 Å². The Morgan fingerprint density at radius 1 is 1.25 bits per heavy atom. The first-order chi connectivity index (χ1) is 9.68. The Morgan fingerprint density at radius 2 is 1.95 bits per heavy atom. The Labute approximate surface area is 117 Å². The number of carbonyl (C=O) groups excluding carboxylic acids is 1. The van der Waals surface area contributed by atoms with Gasteiger partial charge in [-0.05, 0) is 12.1 Å². The van der Waals surface area contributed by atoms with Gasteiger partial charge in [-0.1, -0.05) is 18.2 Å². The average molecular weight is 271 g/mol. The summed E-state index contributed by atoms with van der Waals surface area (Å²) in [5, 5.41) is 2.78. The van der Waals surface area contributed by atoms with Crippen LogP contribution in [0.1, 0.15) is 10.5 Å². The van der Waals surface area contributed by atoms with E-state index in [9.17, 15) is 4.79 Å². The minimum Gasteiger partial charge on any atom is -0.382 e. The van der Waals surface area contributed by atoms with Gasteiger partial charge in [0.05, 0.1) is 0 Å². The summed E-state index contributed by atoms with van der Waals surface area (Å²) < 4.78 is 0. The summed E-state index contributed by atoms with van der Waals surface area (Å²) in [5.74, 6) is -0.168. The van der Waals surface area contributed by atoms with Crippen molar-refractivity contribution < 1.29 is 4.79 Å². The van der Waals surface area contributed by atoms with Crippen LogP contribution in [0.3, 0.4) is 0 Å². The number of nitrogens with two attached hydrogens (primary N) is 1. The highest BCUT2D eigenvalue weighted by molar-refractivity contribution is 5.96. The number of anilines is 2. The minimum absolute atomic E-state index is 0.140. The molecule has 0 bridgehead atoms. The highest BCUT2D eigenvalue weighted by Crippen LogP contribution is 2.09. The Kier molecular flexibility index (Phi) is 4.49. The molecule has 0 saturated carbocycles. The molecule has 0 aliphatic carbocycles. The van der Waals surface area contributed by atoms with E-state index in [1.165, 1.54) is 12.4 Å². The van der Waals surface area contributed by atoms with Gasteiger partial charge in [0.15, 0.2) is 11.5 Å². The predicted molar refractivity (Wildman–Crippen MR) is 78.5 cm³/mol. The molecule has 104 valence electrons. The van der Waals surface area contributed by atoms with Crippen molar-refractivity contribution in [2.24, 2.45) is 0 Å². The largest absolute Gasteiger partial charge is 0.382 e. The Bertz CT molecular complexity index is 573. The van der Waals surface area contributed by atoms with Crippen LogP contribution in [0.5, 0.6) is 0 Å². The zero-order chi connectivity index (χ0) is 14.4. The van der Waals surface area contributed by atoms with Gasteiger partial charge in [-0.2, -0.15) is 0 Å². The van der Waals surface area contributed by atoms with Crippen molar-refractivity contribution in [1.29, 1.82) is 0 Å². The van der Waals surface area contributed by atoms with Crippen molar-refractivity contribution in [2.45, 2.75) is 0 Å². The molecule has 0 aliphatic heterocycles. The SMILES string of the molecule is CN(CCNC(=O)c1nccnc1N)c1ccccc1. The summed E-state index contributed by atoms with van der Waals surface area (Å²) >= 11 is 0. The third-order valence-corrected chi connectivity index (χ3v) is 2.87. The number of rotatable bonds is 5. The monoisotopic (exact) mass is 271 g/mol. The number of hydrogen-bond acceptors (Lipinski definition) is 5. The first-order valence-electron chi connectivity index (χ1n) is 6.29. The summed E-state index contributed by atoms with van der Waals surface area (Å²) in [6.45, 7) is 1.19. The van der Waals surface area contributed by atoms with Crippen LogP contribution in [0.25, 0.3) is 0 Å². The molecule has 2 aromatic rings. The molecule has 0 unspecified atom stereocenters. The van der Waals surface area contributed by atoms with Gasteiger partial charge in [0.2, 0.25) is 0 Å². The van der Waals surface area contributed by atoms with Gasteiger partial charge in [0.1, 0.15) is 0 Å². The minimum atomic E-state index is -0.308. The van der Waals surface area contributed by atoms with E-state index in [1.807, 2.05) is 37.4 Å². The molecule has 2 rings (SSSR count). The van der Waals surface area contributed by atoms with Gasteiger partial charge in [0.25, 0.3) is 5.91 Å². The Balaban J connectivity index is 1.84. The lowest BCUT2D eigenvalue weighted by atomic mass is 10.3. The number of para-hydroxylation sites is 1. The second-order valence-corrected chi connectivity index (χ2v) is 4.30. The van der Waals surface area contributed by atoms with Gasteiger partial charge in [0, 0.05) is 38.2 Å². The second-order valence-electron chi connectivity index (χ2n) is 4.30. The quantitative estimate of drug-likeness (QED) is 0.845. The Hall–Kier alpha value is -2.63. The molecule has 3 N–H and O–H groups in total. The highest BCUT2D eigenvalue weighted by Gasteiger charge is 2.11. The van der Waals surface area contributed by atoms with Gasteiger partial charge >= 0.3 is 0 Å². The molecule has 0 radical (unpaired) electrons. The van der Waals surface area contributed by atoms with E-state index in [-0.39, 0.29) is 17.4 Å². The molecule has 0 saturated heterocycles. The first kappa shape index (κ1) is 13.8. The molecule has 0 fully saturated rings. The van der Waals surface area contributed by atoms with Crippen LogP contribution in [0.15, 0.2) is 42.7 Å². The van der Waals surface area contributed by atoms with E-state index in [1.54, 1.807) is 0 Å². The summed E-state index contributed by atoms with van der Waals surface area (Å²) in [6.07, 6.45) is 2.90. The third-order valence-electron chi connectivity index (χ3n) is 2.87. The molecule has 6 nitrogen and oxygen atoms in total. The fourth-order valence-electron chi connectivity index (χ4n) is 1.76. The summed E-state index contributed by atoms with van der Waals surface area (Å²) in [5.41, 5.74) is 6.86. The van der Waals surface area contributed by atoms with Gasteiger partial charge < -0.3 is 16.0 Å². The van der Waals surface area contributed by atoms with Crippen LogP contribution in [0.4, 0.5) is 11.5 Å². The number of carbonyl (C=O) groups is 1. The van der Waals surface area contributed by atoms with Crippen LogP contribution < -0.4 is 16.0 Å². The van der Waals surface area contributed by atoms with E-state index >= 15 is 0 Å². The molecule has 0 atom stereocenters. The van der Waals surface area contributed by atoms with E-state index in [2.05, 4.69) is 20.2 Å². The number of amides is 1. The number of nitrogen functional groups attached to an aromatic ring is 1. The molecule has 20 heavy (non-hydrogen) atoms. The van der Waals surface area contributed by atoms with Crippen molar-refractivity contribution in [2.75, 3.05) is 30.8 Å². The van der Waals surface area contributed by atoms with Crippen LogP contribution in [-0.4, -0.2) is 36.0 Å². The van der Waals surface area contributed by atoms with Gasteiger partial charge in [-0.3, -0.25) is 4.79 Å². The summed E-state index contributed by atoms with van der Waals surface area (Å²) in [4.78, 5) is 21.7. The van der Waals surface area contributed by atoms with Crippen molar-refractivity contribution in [3.05, 3.63) is 48.4 Å². The first-order valence-corrected chi connectivity index (χ1v) is 6.29. The fourth-order valence-corrected chi connectivity index (χ4v) is 1.76. The molecule has 1 amide bonds. The normalized spacial score (nSPS) is 10.1. The van der Waals surface area contributed by atoms with Crippen LogP contribution >= 0.6 is 0 Å². The number of hydrogen-bond donors (Lipinski definition) is 2. The molecule has 0 spiro atoms. The maximum atomic E-state index is 11.9. The Morgan fingerprint density at radius 3 is 2.65 bits per heavy atom. The van der Waals surface area contributed by atoms with E-state index in [0.717, 1.165) is 5.69 Å². The fraction of sp³-hybridized carbons (Fsp3) is 0.214. The smallest absolute Gasteiger partial charge is 0.273 e. The lowest BCUT2D eigenvalue weighted by Gasteiger charge is -2.19. The van der Waals surface area contributed by atoms with Crippen molar-refractivity contribution in [3.8, 4) is 0 Å². The maximum absolute atomic E-state index is 11.9. The molecule has 1 heterocycles. The number of nitrogens with one attached hydrogen (secondary N) is 1. The summed E-state index contributed by atoms with van der Waals surface area (Å²) in [7, 11) is 1.97. The van der Waals surface area contributed by atoms with E-state index < -0.39 is 0 Å². The zero-order valence-electron chi connectivity index (χ0n) is 11.3. The number of likely N-dealkylation sites (N-methyl/N-ethyl adjacent to an activating group) is 1. The maximum Gasteiger partial charge on any atom is 0.273 e. The summed E-state index contributed by atoms with van der Waals surface area (Å²) in [6, 6.07) is 9.95. The topological polar surface area (TPSA) is 84.1 Å². The molecular weight excluding hydrogens is 254 g/mol. The molecule has 6 heteroatoms. The highest BCUT2D eigenvalue weighted by atomic mass is 16.1. The van der Waals surface area contributed by atoms with Crippen LogP contribution in [0, 0.1) is 0 Å². The molecule has 1 aromatic heterocycles. The van der Waals surface area contributed by atoms with Crippen molar-refractivity contribution in [3.63, 3.8) is 0 Å². The van der Waals surface area contributed by atoms with Crippen molar-refractivity contribution >= 4 is 17.4 Å². The standard InChI is InChI=1S/C14H17N5O/c1-19(11-5-3-2-4-6-11)10-9-18-14(20)12-13(15)17-8-7-16-12/h2-8H,9-10H2,1H3,(H2,15,17)(H,18,20). The van der Waals surface area contributed by atoms with Gasteiger partial charge in [-0.15, -0.1) is 0 Å². The second kappa shape index (κ2) is 6.51. The van der Waals surface area contributed by atoms with E-state index in [4.69, 9.17) is 5.73 Å². The average Bonchev–Trinajstić information content (AvgIpc) is 2.48. The number of benzene rings is 1. The number of nitrogens with zero attached hydrogens (tertiary/aromatic N) is 3. The van der Waals surface area contributed by atoms with Gasteiger partial charge in [-0.25, -0.2) is 9.97 Å². The molecule has 1 aromatic carbocycles. The molecule has 0 aliphatic rings. The third kappa shape index (κ3) is 3.44. The zero-order valence-corrected chi connectivity index (χ0v) is 11.3. The van der Waals surface area contributed by atoms with E-state index in [0.29, 0.717) is 13.1 Å². The molecular formula is C14H17N5O. The predicted octanol–water partition coefficient (Wildman–Crippen LogP) is 0.925. The van der Waals surface area contributed by atoms with Crippen LogP contribution in [0.2, 0.25) is 0 Å². The lowest BCUT2D eigenvalue weighted by Crippen LogP contribution is -2.33. The number of aromatic nitrogens is 2.